The Balaban J connectivity index is 1.35. The maximum absolute atomic E-state index is 12.5. The molecule has 1 amide bonds. The summed E-state index contributed by atoms with van der Waals surface area (Å²) < 4.78 is 0.722. The van der Waals surface area contributed by atoms with E-state index >= 15 is 0 Å². The smallest absolute Gasteiger partial charge is 0.235 e. The van der Waals surface area contributed by atoms with E-state index in [1.165, 1.54) is 28.0 Å². The quantitative estimate of drug-likeness (QED) is 0.485. The lowest BCUT2D eigenvalue weighted by Gasteiger charge is -2.17. The number of carbonyl (C=O) groups is 1. The first kappa shape index (κ1) is 20.8. The highest BCUT2D eigenvalue weighted by atomic mass is 32.2. The third kappa shape index (κ3) is 4.83. The molecule has 1 unspecified atom stereocenters. The minimum absolute atomic E-state index is 0.133. The number of hydrogen-bond acceptors (Lipinski definition) is 8. The van der Waals surface area contributed by atoms with Crippen molar-refractivity contribution in [2.75, 3.05) is 16.4 Å². The summed E-state index contributed by atoms with van der Waals surface area (Å²) in [4.78, 5) is 13.7. The molecule has 3 aromatic rings. The van der Waals surface area contributed by atoms with Gasteiger partial charge in [0, 0.05) is 10.6 Å². The lowest BCUT2D eigenvalue weighted by Crippen LogP contribution is -2.14. The minimum atomic E-state index is -0.133. The molecule has 1 aromatic carbocycles. The van der Waals surface area contributed by atoms with Crippen LogP contribution in [-0.4, -0.2) is 21.9 Å². The molecule has 0 bridgehead atoms. The second kappa shape index (κ2) is 9.16. The molecule has 2 N–H and O–H groups in total. The van der Waals surface area contributed by atoms with Crippen molar-refractivity contribution < 1.29 is 4.79 Å². The number of hydrogen-bond donors (Lipinski definition) is 2. The summed E-state index contributed by atoms with van der Waals surface area (Å²) in [5.74, 6) is 0.719. The van der Waals surface area contributed by atoms with Crippen LogP contribution in [0.4, 0.5) is 15.8 Å². The molecule has 0 spiro atoms. The van der Waals surface area contributed by atoms with Gasteiger partial charge in [-0.1, -0.05) is 42.2 Å². The normalized spacial score (nSPS) is 15.3. The Morgan fingerprint density at radius 2 is 2.23 bits per heavy atom. The number of benzene rings is 1. The van der Waals surface area contributed by atoms with Crippen LogP contribution in [0.1, 0.15) is 34.9 Å². The predicted molar refractivity (Wildman–Crippen MR) is 124 cm³/mol. The third-order valence-corrected chi connectivity index (χ3v) is 8.02. The van der Waals surface area contributed by atoms with Gasteiger partial charge < -0.3 is 10.6 Å². The Bertz CT molecular complexity index is 1110. The Labute approximate surface area is 187 Å². The molecule has 0 saturated carbocycles. The Hall–Kier alpha value is -2.41. The molecule has 9 heteroatoms. The molecule has 4 rings (SSSR count). The number of nitriles is 1. The molecule has 1 aliphatic carbocycles. The molecule has 0 radical (unpaired) electrons. The van der Waals surface area contributed by atoms with E-state index in [4.69, 9.17) is 0 Å². The zero-order chi connectivity index (χ0) is 21.1. The van der Waals surface area contributed by atoms with E-state index in [-0.39, 0.29) is 11.7 Å². The van der Waals surface area contributed by atoms with Gasteiger partial charge in [-0.25, -0.2) is 0 Å². The molecule has 0 aliphatic heterocycles. The molecule has 1 aliphatic rings. The molecule has 154 valence electrons. The summed E-state index contributed by atoms with van der Waals surface area (Å²) in [6, 6.07) is 10.3. The Kier molecular flexibility index (Phi) is 6.37. The van der Waals surface area contributed by atoms with E-state index in [2.05, 4.69) is 33.8 Å². The SMILES string of the molecule is Cc1cccc(Nc2nnc(SCC(=O)Nc3sc4c(c3C#N)CCC(C)C4)s2)c1. The van der Waals surface area contributed by atoms with E-state index in [0.29, 0.717) is 21.6 Å². The van der Waals surface area contributed by atoms with Gasteiger partial charge in [-0.2, -0.15) is 5.26 Å². The van der Waals surface area contributed by atoms with Crippen LogP contribution in [-0.2, 0) is 17.6 Å². The summed E-state index contributed by atoms with van der Waals surface area (Å²) in [6.45, 7) is 4.27. The number of aromatic nitrogens is 2. The molecule has 2 aromatic heterocycles. The molecule has 1 atom stereocenters. The predicted octanol–water partition coefficient (Wildman–Crippen LogP) is 5.38. The molecule has 0 saturated heterocycles. The van der Waals surface area contributed by atoms with E-state index in [9.17, 15) is 10.1 Å². The first-order chi connectivity index (χ1) is 14.5. The maximum Gasteiger partial charge on any atom is 0.235 e. The average molecular weight is 456 g/mol. The van der Waals surface area contributed by atoms with Gasteiger partial charge in [-0.05, 0) is 55.4 Å². The summed E-state index contributed by atoms with van der Waals surface area (Å²) in [5, 5.41) is 25.4. The van der Waals surface area contributed by atoms with Crippen molar-refractivity contribution in [1.82, 2.24) is 10.2 Å². The van der Waals surface area contributed by atoms with Gasteiger partial charge in [-0.15, -0.1) is 21.5 Å². The fourth-order valence-corrected chi connectivity index (χ4v) is 6.36. The standard InChI is InChI=1S/C21H21N5OS3/c1-12-4-3-5-14(8-12)23-20-25-26-21(30-20)28-11-18(27)24-19-16(10-22)15-7-6-13(2)9-17(15)29-19/h3-5,8,13H,6-7,9,11H2,1-2H3,(H,23,25)(H,24,27). The molecular formula is C21H21N5OS3. The number of aryl methyl sites for hydroxylation is 1. The van der Waals surface area contributed by atoms with Crippen LogP contribution in [0.3, 0.4) is 0 Å². The lowest BCUT2D eigenvalue weighted by molar-refractivity contribution is -0.113. The number of nitrogens with zero attached hydrogens (tertiary/aromatic N) is 3. The first-order valence-corrected chi connectivity index (χ1v) is 12.3. The van der Waals surface area contributed by atoms with Gasteiger partial charge in [0.25, 0.3) is 0 Å². The zero-order valence-corrected chi connectivity index (χ0v) is 19.1. The summed E-state index contributed by atoms with van der Waals surface area (Å²) in [7, 11) is 0. The monoisotopic (exact) mass is 455 g/mol. The maximum atomic E-state index is 12.5. The van der Waals surface area contributed by atoms with Gasteiger partial charge in [-0.3, -0.25) is 4.79 Å². The highest BCUT2D eigenvalue weighted by Gasteiger charge is 2.24. The lowest BCUT2D eigenvalue weighted by atomic mass is 9.89. The average Bonchev–Trinajstić information content (AvgIpc) is 3.29. The number of thiophene rings is 1. The molecule has 30 heavy (non-hydrogen) atoms. The van der Waals surface area contributed by atoms with Crippen LogP contribution in [0.5, 0.6) is 0 Å². The van der Waals surface area contributed by atoms with Crippen molar-refractivity contribution in [1.29, 1.82) is 5.26 Å². The minimum Gasteiger partial charge on any atom is -0.330 e. The number of anilines is 3. The summed E-state index contributed by atoms with van der Waals surface area (Å²) >= 11 is 4.30. The summed E-state index contributed by atoms with van der Waals surface area (Å²) in [6.07, 6.45) is 3.00. The van der Waals surface area contributed by atoms with Crippen molar-refractivity contribution in [3.8, 4) is 6.07 Å². The summed E-state index contributed by atoms with van der Waals surface area (Å²) in [5.41, 5.74) is 3.89. The van der Waals surface area contributed by atoms with Crippen LogP contribution in [0, 0.1) is 24.2 Å². The number of rotatable bonds is 6. The highest BCUT2D eigenvalue weighted by molar-refractivity contribution is 8.01. The van der Waals surface area contributed by atoms with Crippen molar-refractivity contribution in [2.45, 2.75) is 37.4 Å². The Morgan fingerprint density at radius 1 is 1.37 bits per heavy atom. The number of nitrogens with one attached hydrogen (secondary N) is 2. The van der Waals surface area contributed by atoms with Crippen LogP contribution in [0.25, 0.3) is 0 Å². The topological polar surface area (TPSA) is 90.7 Å². The molecule has 6 nitrogen and oxygen atoms in total. The van der Waals surface area contributed by atoms with E-state index < -0.39 is 0 Å². The van der Waals surface area contributed by atoms with Crippen LogP contribution >= 0.6 is 34.4 Å². The molecule has 2 heterocycles. The van der Waals surface area contributed by atoms with E-state index in [1.807, 2.05) is 31.2 Å². The van der Waals surface area contributed by atoms with Crippen molar-refractivity contribution >= 4 is 56.2 Å². The second-order valence-electron chi connectivity index (χ2n) is 7.37. The van der Waals surface area contributed by atoms with Gasteiger partial charge in [0.05, 0.1) is 11.3 Å². The van der Waals surface area contributed by atoms with E-state index in [0.717, 1.165) is 40.4 Å². The first-order valence-electron chi connectivity index (χ1n) is 9.66. The van der Waals surface area contributed by atoms with Gasteiger partial charge in [0.1, 0.15) is 11.1 Å². The Morgan fingerprint density at radius 3 is 3.03 bits per heavy atom. The molecule has 0 fully saturated rings. The fraction of sp³-hybridized carbons (Fsp3) is 0.333. The fourth-order valence-electron chi connectivity index (χ4n) is 3.41. The number of carbonyl (C=O) groups excluding carboxylic acids is 1. The van der Waals surface area contributed by atoms with Crippen molar-refractivity contribution in [3.63, 3.8) is 0 Å². The van der Waals surface area contributed by atoms with Crippen LogP contribution in [0.2, 0.25) is 0 Å². The van der Waals surface area contributed by atoms with Crippen molar-refractivity contribution in [3.05, 3.63) is 45.8 Å². The van der Waals surface area contributed by atoms with Gasteiger partial charge in [0.2, 0.25) is 11.0 Å². The number of fused-ring (bicyclic) bond motifs is 1. The van der Waals surface area contributed by atoms with Crippen LogP contribution < -0.4 is 10.6 Å². The number of thioether (sulfide) groups is 1. The molecular weight excluding hydrogens is 434 g/mol. The van der Waals surface area contributed by atoms with Crippen LogP contribution in [0.15, 0.2) is 28.6 Å². The second-order valence-corrected chi connectivity index (χ2v) is 10.7. The zero-order valence-electron chi connectivity index (χ0n) is 16.7. The van der Waals surface area contributed by atoms with Gasteiger partial charge in [0.15, 0.2) is 4.34 Å². The van der Waals surface area contributed by atoms with E-state index in [1.54, 1.807) is 11.3 Å². The highest BCUT2D eigenvalue weighted by Crippen LogP contribution is 2.39. The largest absolute Gasteiger partial charge is 0.330 e. The third-order valence-electron chi connectivity index (χ3n) is 4.88. The van der Waals surface area contributed by atoms with Gasteiger partial charge >= 0.3 is 0 Å². The van der Waals surface area contributed by atoms with Crippen molar-refractivity contribution in [2.24, 2.45) is 5.92 Å². The number of amides is 1.